The number of hydrogen-bond donors (Lipinski definition) is 1. The number of aromatic nitrogens is 3. The number of halogens is 1. The Morgan fingerprint density at radius 3 is 2.77 bits per heavy atom. The molecule has 0 aliphatic heterocycles. The van der Waals surface area contributed by atoms with Gasteiger partial charge in [0.05, 0.1) is 0 Å². The van der Waals surface area contributed by atoms with Crippen molar-refractivity contribution in [2.75, 3.05) is 0 Å². The SMILES string of the molecule is Cc1csc(=O)n1CCC(=O)N[C@@H](c1ccccc1F)c1nccn1C. The van der Waals surface area contributed by atoms with Crippen LogP contribution in [0.5, 0.6) is 0 Å². The van der Waals surface area contributed by atoms with E-state index in [0.717, 1.165) is 17.0 Å². The van der Waals surface area contributed by atoms with Crippen LogP contribution in [0, 0.1) is 12.7 Å². The summed E-state index contributed by atoms with van der Waals surface area (Å²) in [6, 6.07) is 5.59. The molecular formula is C18H19FN4O2S. The molecule has 1 atom stereocenters. The highest BCUT2D eigenvalue weighted by Gasteiger charge is 2.23. The van der Waals surface area contributed by atoms with Crippen LogP contribution >= 0.6 is 11.3 Å². The summed E-state index contributed by atoms with van der Waals surface area (Å²) in [7, 11) is 1.79. The number of aryl methyl sites for hydroxylation is 2. The van der Waals surface area contributed by atoms with E-state index in [0.29, 0.717) is 11.4 Å². The zero-order chi connectivity index (χ0) is 18.7. The molecule has 0 aliphatic rings. The summed E-state index contributed by atoms with van der Waals surface area (Å²) in [5.74, 6) is -0.156. The molecule has 8 heteroatoms. The highest BCUT2D eigenvalue weighted by Crippen LogP contribution is 2.23. The topological polar surface area (TPSA) is 68.9 Å². The van der Waals surface area contributed by atoms with E-state index < -0.39 is 11.9 Å². The first-order chi connectivity index (χ1) is 12.5. The number of amides is 1. The maximum atomic E-state index is 14.3. The quantitative estimate of drug-likeness (QED) is 0.720. The summed E-state index contributed by atoms with van der Waals surface area (Å²) < 4.78 is 17.6. The number of nitrogens with zero attached hydrogens (tertiary/aromatic N) is 3. The molecule has 1 aromatic carbocycles. The van der Waals surface area contributed by atoms with Crippen LogP contribution in [0.2, 0.25) is 0 Å². The lowest BCUT2D eigenvalue weighted by Crippen LogP contribution is -2.32. The Labute approximate surface area is 153 Å². The first-order valence-corrected chi connectivity index (χ1v) is 9.01. The maximum Gasteiger partial charge on any atom is 0.307 e. The van der Waals surface area contributed by atoms with Crippen molar-refractivity contribution in [1.82, 2.24) is 19.4 Å². The van der Waals surface area contributed by atoms with Gasteiger partial charge < -0.3 is 14.5 Å². The fourth-order valence-corrected chi connectivity index (χ4v) is 3.53. The monoisotopic (exact) mass is 374 g/mol. The normalized spacial score (nSPS) is 12.1. The molecule has 26 heavy (non-hydrogen) atoms. The fourth-order valence-electron chi connectivity index (χ4n) is 2.77. The van der Waals surface area contributed by atoms with Crippen molar-refractivity contribution < 1.29 is 9.18 Å². The van der Waals surface area contributed by atoms with Gasteiger partial charge in [-0.05, 0) is 13.0 Å². The van der Waals surface area contributed by atoms with Gasteiger partial charge in [-0.25, -0.2) is 9.37 Å². The molecule has 0 bridgehead atoms. The van der Waals surface area contributed by atoms with Gasteiger partial charge in [-0.15, -0.1) is 0 Å². The van der Waals surface area contributed by atoms with Crippen LogP contribution in [0.15, 0.2) is 46.8 Å². The van der Waals surface area contributed by atoms with E-state index in [1.54, 1.807) is 52.2 Å². The molecule has 1 amide bonds. The lowest BCUT2D eigenvalue weighted by molar-refractivity contribution is -0.121. The summed E-state index contributed by atoms with van der Waals surface area (Å²) >= 11 is 1.11. The standard InChI is InChI=1S/C18H19FN4O2S/c1-12-11-26-18(25)23(12)9-7-15(24)21-16(17-20-8-10-22(17)2)13-5-3-4-6-14(13)19/h3-6,8,10-11,16H,7,9H2,1-2H3,(H,21,24)/t16-/m0/s1. The van der Waals surface area contributed by atoms with Gasteiger partial charge in [0.1, 0.15) is 17.7 Å². The van der Waals surface area contributed by atoms with Crippen LogP contribution in [-0.2, 0) is 18.4 Å². The van der Waals surface area contributed by atoms with Crippen LogP contribution in [0.3, 0.4) is 0 Å². The highest BCUT2D eigenvalue weighted by molar-refractivity contribution is 7.07. The average molecular weight is 374 g/mol. The molecule has 0 aliphatic carbocycles. The second-order valence-corrected chi connectivity index (χ2v) is 6.78. The molecule has 6 nitrogen and oxygen atoms in total. The Kier molecular flexibility index (Phi) is 5.32. The van der Waals surface area contributed by atoms with E-state index in [1.165, 1.54) is 6.07 Å². The second-order valence-electron chi connectivity index (χ2n) is 5.96. The summed E-state index contributed by atoms with van der Waals surface area (Å²) in [6.45, 7) is 2.11. The summed E-state index contributed by atoms with van der Waals surface area (Å²) in [6.07, 6.45) is 3.46. The number of hydrogen-bond acceptors (Lipinski definition) is 4. The van der Waals surface area contributed by atoms with Gasteiger partial charge >= 0.3 is 4.87 Å². The Morgan fingerprint density at radius 2 is 2.15 bits per heavy atom. The van der Waals surface area contributed by atoms with E-state index in [4.69, 9.17) is 0 Å². The van der Waals surface area contributed by atoms with Crippen molar-refractivity contribution >= 4 is 17.2 Å². The summed E-state index contributed by atoms with van der Waals surface area (Å²) in [5, 5.41) is 4.60. The molecular weight excluding hydrogens is 355 g/mol. The lowest BCUT2D eigenvalue weighted by atomic mass is 10.1. The number of carbonyl (C=O) groups excluding carboxylic acids is 1. The number of thiazole rings is 1. The molecule has 0 fully saturated rings. The largest absolute Gasteiger partial charge is 0.342 e. The first-order valence-electron chi connectivity index (χ1n) is 8.13. The van der Waals surface area contributed by atoms with Crippen molar-refractivity contribution in [3.63, 3.8) is 0 Å². The second kappa shape index (κ2) is 7.65. The van der Waals surface area contributed by atoms with Gasteiger partial charge in [0.25, 0.3) is 0 Å². The number of rotatable bonds is 6. The van der Waals surface area contributed by atoms with Crippen molar-refractivity contribution in [2.45, 2.75) is 25.9 Å². The molecule has 0 spiro atoms. The minimum Gasteiger partial charge on any atom is -0.342 e. The minimum absolute atomic E-state index is 0.0925. The predicted octanol–water partition coefficient (Wildman–Crippen LogP) is 2.39. The van der Waals surface area contributed by atoms with Gasteiger partial charge in [0, 0.05) is 49.0 Å². The van der Waals surface area contributed by atoms with Gasteiger partial charge in [-0.3, -0.25) is 9.59 Å². The number of nitrogens with one attached hydrogen (secondary N) is 1. The van der Waals surface area contributed by atoms with Gasteiger partial charge in [-0.1, -0.05) is 29.5 Å². The van der Waals surface area contributed by atoms with Crippen molar-refractivity contribution in [3.05, 3.63) is 74.6 Å². The van der Waals surface area contributed by atoms with Crippen LogP contribution in [0.25, 0.3) is 0 Å². The molecule has 2 aromatic heterocycles. The number of carbonyl (C=O) groups is 1. The fraction of sp³-hybridized carbons (Fsp3) is 0.278. The van der Waals surface area contributed by atoms with Crippen molar-refractivity contribution in [2.24, 2.45) is 7.05 Å². The maximum absolute atomic E-state index is 14.3. The van der Waals surface area contributed by atoms with Crippen molar-refractivity contribution in [3.8, 4) is 0 Å². The Bertz CT molecular complexity index is 975. The predicted molar refractivity (Wildman–Crippen MR) is 97.5 cm³/mol. The van der Waals surface area contributed by atoms with Gasteiger partial charge in [0.2, 0.25) is 5.91 Å². The zero-order valence-electron chi connectivity index (χ0n) is 14.5. The molecule has 0 radical (unpaired) electrons. The molecule has 3 aromatic rings. The Morgan fingerprint density at radius 1 is 1.38 bits per heavy atom. The molecule has 0 saturated heterocycles. The Hall–Kier alpha value is -2.74. The van der Waals surface area contributed by atoms with E-state index in [-0.39, 0.29) is 23.7 Å². The first kappa shape index (κ1) is 18.1. The average Bonchev–Trinajstić information content (AvgIpc) is 3.17. The highest BCUT2D eigenvalue weighted by atomic mass is 32.1. The number of benzene rings is 1. The van der Waals surface area contributed by atoms with E-state index in [1.807, 2.05) is 6.92 Å². The molecule has 136 valence electrons. The molecule has 1 N–H and O–H groups in total. The van der Waals surface area contributed by atoms with Gasteiger partial charge in [-0.2, -0.15) is 0 Å². The minimum atomic E-state index is -0.705. The summed E-state index contributed by atoms with van der Waals surface area (Å²) in [5.41, 5.74) is 1.17. The van der Waals surface area contributed by atoms with Crippen LogP contribution < -0.4 is 10.2 Å². The third kappa shape index (κ3) is 3.75. The Balaban J connectivity index is 1.80. The van der Waals surface area contributed by atoms with Crippen LogP contribution in [0.1, 0.15) is 29.5 Å². The molecule has 2 heterocycles. The zero-order valence-corrected chi connectivity index (χ0v) is 15.3. The van der Waals surface area contributed by atoms with Gasteiger partial charge in [0.15, 0.2) is 0 Å². The van der Waals surface area contributed by atoms with Crippen molar-refractivity contribution in [1.29, 1.82) is 0 Å². The molecule has 0 unspecified atom stereocenters. The summed E-state index contributed by atoms with van der Waals surface area (Å²) in [4.78, 5) is 28.4. The lowest BCUT2D eigenvalue weighted by Gasteiger charge is -2.20. The van der Waals surface area contributed by atoms with Crippen LogP contribution in [0.4, 0.5) is 4.39 Å². The molecule has 3 rings (SSSR count). The van der Waals surface area contributed by atoms with E-state index in [2.05, 4.69) is 10.3 Å². The van der Waals surface area contributed by atoms with E-state index in [9.17, 15) is 14.0 Å². The van der Waals surface area contributed by atoms with Crippen LogP contribution in [-0.4, -0.2) is 20.0 Å². The third-order valence-corrected chi connectivity index (χ3v) is 5.06. The molecule has 0 saturated carbocycles. The third-order valence-electron chi connectivity index (χ3n) is 4.18. The number of imidazole rings is 1. The smallest absolute Gasteiger partial charge is 0.307 e. The van der Waals surface area contributed by atoms with E-state index >= 15 is 0 Å².